The van der Waals surface area contributed by atoms with Crippen molar-refractivity contribution in [3.8, 4) is 11.1 Å². The highest BCUT2D eigenvalue weighted by atomic mass is 15.0. The van der Waals surface area contributed by atoms with Crippen LogP contribution in [-0.2, 0) is 7.05 Å². The minimum atomic E-state index is 0.467. The maximum absolute atomic E-state index is 2.54. The van der Waals surface area contributed by atoms with E-state index in [-0.39, 0.29) is 0 Å². The van der Waals surface area contributed by atoms with Crippen molar-refractivity contribution in [3.63, 3.8) is 0 Å². The Bertz CT molecular complexity index is 1890. The van der Waals surface area contributed by atoms with Gasteiger partial charge in [-0.1, -0.05) is 74.5 Å². The van der Waals surface area contributed by atoms with Gasteiger partial charge in [0.2, 0.25) is 5.52 Å². The van der Waals surface area contributed by atoms with Crippen LogP contribution in [0.3, 0.4) is 0 Å². The van der Waals surface area contributed by atoms with E-state index in [4.69, 9.17) is 0 Å². The molecule has 4 aromatic carbocycles. The molecular weight excluding hydrogens is 412 g/mol. The Hall–Kier alpha value is -3.91. The number of rotatable bonds is 2. The van der Waals surface area contributed by atoms with Gasteiger partial charge >= 0.3 is 0 Å². The molecule has 0 N–H and O–H groups in total. The molecule has 164 valence electrons. The minimum absolute atomic E-state index is 0.467. The predicted molar refractivity (Wildman–Crippen MR) is 144 cm³/mol. The van der Waals surface area contributed by atoms with E-state index in [0.29, 0.717) is 5.92 Å². The first kappa shape index (κ1) is 19.5. The van der Waals surface area contributed by atoms with Crippen LogP contribution in [0.15, 0.2) is 85.1 Å². The van der Waals surface area contributed by atoms with Crippen LogP contribution in [0.25, 0.3) is 60.1 Å². The van der Waals surface area contributed by atoms with E-state index in [0.717, 1.165) is 0 Å². The van der Waals surface area contributed by atoms with E-state index in [1.807, 2.05) is 0 Å². The third-order valence-electron chi connectivity index (χ3n) is 7.63. The number of aromatic nitrogens is 2. The summed E-state index contributed by atoms with van der Waals surface area (Å²) >= 11 is 0. The van der Waals surface area contributed by atoms with Gasteiger partial charge in [-0.15, -0.1) is 0 Å². The SMILES string of the molecule is Cc1ccc2c3c(-c4ccccc4)cccc3n3c4cc(C(C)C)cc5cc[n+](C)c(c1c23)c54. The third-order valence-corrected chi connectivity index (χ3v) is 7.63. The monoisotopic (exact) mass is 439 g/mol. The summed E-state index contributed by atoms with van der Waals surface area (Å²) < 4.78 is 4.85. The van der Waals surface area contributed by atoms with Crippen LogP contribution >= 0.6 is 0 Å². The first-order chi connectivity index (χ1) is 16.5. The molecule has 0 bridgehead atoms. The van der Waals surface area contributed by atoms with Gasteiger partial charge in [0.1, 0.15) is 7.05 Å². The van der Waals surface area contributed by atoms with Crippen molar-refractivity contribution < 1.29 is 4.57 Å². The molecule has 0 saturated heterocycles. The van der Waals surface area contributed by atoms with Crippen LogP contribution in [0, 0.1) is 6.92 Å². The van der Waals surface area contributed by atoms with Crippen LogP contribution in [-0.4, -0.2) is 4.40 Å². The van der Waals surface area contributed by atoms with Gasteiger partial charge in [-0.3, -0.25) is 0 Å². The molecule has 0 spiro atoms. The number of hydrogen-bond donors (Lipinski definition) is 0. The first-order valence-corrected chi connectivity index (χ1v) is 12.1. The molecule has 7 rings (SSSR count). The van der Waals surface area contributed by atoms with E-state index in [1.54, 1.807) is 0 Å². The molecule has 7 aromatic rings. The van der Waals surface area contributed by atoms with Gasteiger partial charge in [0.05, 0.1) is 27.3 Å². The Morgan fingerprint density at radius 2 is 1.59 bits per heavy atom. The summed E-state index contributed by atoms with van der Waals surface area (Å²) in [5.41, 5.74) is 10.5. The fraction of sp³-hybridized carbons (Fsp3) is 0.156. The smallest absolute Gasteiger partial charge is 0.224 e. The molecule has 0 aliphatic rings. The molecule has 0 atom stereocenters. The van der Waals surface area contributed by atoms with Gasteiger partial charge in [0.15, 0.2) is 6.20 Å². The zero-order chi connectivity index (χ0) is 23.1. The quantitative estimate of drug-likeness (QED) is 0.147. The summed E-state index contributed by atoms with van der Waals surface area (Å²) in [5, 5.41) is 6.68. The highest BCUT2D eigenvalue weighted by molar-refractivity contribution is 6.27. The Kier molecular flexibility index (Phi) is 3.91. The largest absolute Gasteiger partial charge is 0.307 e. The zero-order valence-electron chi connectivity index (χ0n) is 20.1. The number of aryl methyl sites for hydroxylation is 2. The topological polar surface area (TPSA) is 8.29 Å². The fourth-order valence-corrected chi connectivity index (χ4v) is 5.98. The number of nitrogens with zero attached hydrogens (tertiary/aromatic N) is 2. The molecule has 34 heavy (non-hydrogen) atoms. The number of hydrogen-bond acceptors (Lipinski definition) is 0. The van der Waals surface area contributed by atoms with Crippen molar-refractivity contribution in [3.05, 3.63) is 96.2 Å². The average Bonchev–Trinajstić information content (AvgIpc) is 3.19. The van der Waals surface area contributed by atoms with Crippen molar-refractivity contribution in [1.29, 1.82) is 0 Å². The lowest BCUT2D eigenvalue weighted by Gasteiger charge is -2.15. The first-order valence-electron chi connectivity index (χ1n) is 12.1. The molecule has 0 aliphatic carbocycles. The van der Waals surface area contributed by atoms with Gasteiger partial charge in [-0.2, -0.15) is 0 Å². The molecule has 2 heteroatoms. The van der Waals surface area contributed by atoms with Gasteiger partial charge in [0, 0.05) is 16.8 Å². The maximum Gasteiger partial charge on any atom is 0.224 e. The Morgan fingerprint density at radius 3 is 2.38 bits per heavy atom. The molecule has 0 aliphatic heterocycles. The summed E-state index contributed by atoms with van der Waals surface area (Å²) in [6.45, 7) is 6.83. The van der Waals surface area contributed by atoms with E-state index < -0.39 is 0 Å². The summed E-state index contributed by atoms with van der Waals surface area (Å²) in [5.74, 6) is 0.467. The molecule has 0 amide bonds. The molecule has 0 unspecified atom stereocenters. The van der Waals surface area contributed by atoms with Crippen LogP contribution in [0.5, 0.6) is 0 Å². The van der Waals surface area contributed by atoms with Gasteiger partial charge in [0.25, 0.3) is 0 Å². The number of benzene rings is 4. The molecule has 3 aromatic heterocycles. The van der Waals surface area contributed by atoms with Gasteiger partial charge in [-0.05, 0) is 52.6 Å². The molecule has 0 saturated carbocycles. The molecular formula is C32H27N2+. The molecule has 2 nitrogen and oxygen atoms in total. The Labute approximate surface area is 199 Å². The van der Waals surface area contributed by atoms with Crippen molar-refractivity contribution in [2.45, 2.75) is 26.7 Å². The lowest BCUT2D eigenvalue weighted by Crippen LogP contribution is -2.29. The van der Waals surface area contributed by atoms with Crippen LogP contribution < -0.4 is 4.57 Å². The van der Waals surface area contributed by atoms with Crippen molar-refractivity contribution in [2.24, 2.45) is 7.05 Å². The van der Waals surface area contributed by atoms with Crippen LogP contribution in [0.1, 0.15) is 30.9 Å². The van der Waals surface area contributed by atoms with Crippen LogP contribution in [0.2, 0.25) is 0 Å². The second kappa shape index (κ2) is 6.80. The molecule has 0 radical (unpaired) electrons. The van der Waals surface area contributed by atoms with E-state index in [1.165, 1.54) is 71.3 Å². The maximum atomic E-state index is 2.54. The normalized spacial score (nSPS) is 12.4. The Balaban J connectivity index is 1.85. The second-order valence-electron chi connectivity index (χ2n) is 9.99. The third kappa shape index (κ3) is 2.43. The molecule has 3 heterocycles. The summed E-state index contributed by atoms with van der Waals surface area (Å²) in [6, 6.07) is 29.3. The second-order valence-corrected chi connectivity index (χ2v) is 9.99. The summed E-state index contributed by atoms with van der Waals surface area (Å²) in [6.07, 6.45) is 2.22. The van der Waals surface area contributed by atoms with E-state index in [9.17, 15) is 0 Å². The number of pyridine rings is 2. The van der Waals surface area contributed by atoms with Crippen molar-refractivity contribution >= 4 is 49.0 Å². The van der Waals surface area contributed by atoms with Crippen molar-refractivity contribution in [2.75, 3.05) is 0 Å². The average molecular weight is 440 g/mol. The van der Waals surface area contributed by atoms with Crippen LogP contribution in [0.4, 0.5) is 0 Å². The van der Waals surface area contributed by atoms with E-state index in [2.05, 4.69) is 122 Å². The van der Waals surface area contributed by atoms with E-state index >= 15 is 0 Å². The minimum Gasteiger partial charge on any atom is -0.307 e. The van der Waals surface area contributed by atoms with Gasteiger partial charge < -0.3 is 4.40 Å². The van der Waals surface area contributed by atoms with Gasteiger partial charge in [-0.25, -0.2) is 4.57 Å². The highest BCUT2D eigenvalue weighted by Crippen LogP contribution is 2.44. The number of fused-ring (bicyclic) bond motifs is 5. The molecule has 0 fully saturated rings. The standard InChI is InChI=1S/C32H27N2/c1-19(2)23-17-22-15-16-33(4)32-28-20(3)13-14-25-30-24(21-9-6-5-7-10-21)11-8-12-26(30)34(31(25)28)27(18-23)29(22)32/h5-19H,1-4H3/q+1. The predicted octanol–water partition coefficient (Wildman–Crippen LogP) is 7.91. The van der Waals surface area contributed by atoms with Crippen molar-refractivity contribution in [1.82, 2.24) is 4.40 Å². The zero-order valence-corrected chi connectivity index (χ0v) is 20.1. The summed E-state index contributed by atoms with van der Waals surface area (Å²) in [7, 11) is 2.18. The lowest BCUT2D eigenvalue weighted by molar-refractivity contribution is -0.643. The Morgan fingerprint density at radius 1 is 0.765 bits per heavy atom. The highest BCUT2D eigenvalue weighted by Gasteiger charge is 2.25. The fourth-order valence-electron chi connectivity index (χ4n) is 5.98. The summed E-state index contributed by atoms with van der Waals surface area (Å²) in [4.78, 5) is 0. The lowest BCUT2D eigenvalue weighted by atomic mass is 9.95.